The van der Waals surface area contributed by atoms with Crippen LogP contribution < -0.4 is 9.64 Å². The van der Waals surface area contributed by atoms with Crippen molar-refractivity contribution in [1.29, 1.82) is 0 Å². The molecule has 0 radical (unpaired) electrons. The Bertz CT molecular complexity index is 2080. The van der Waals surface area contributed by atoms with Gasteiger partial charge in [0.15, 0.2) is 34.5 Å². The SMILES string of the molecule is O=C(CN(Cc1ccccc1OC(F)(F)F)S(=O)(=O)c1c(F)c(F)c(F)c(F)c1F)N(Cc1ccc(C2CCCCC2)cc1)c1ccc(C(O)O)c(O)c1. The Hall–Kier alpha value is -4.78. The molecule has 1 aliphatic carbocycles. The zero-order valence-corrected chi connectivity index (χ0v) is 28.8. The fourth-order valence-electron chi connectivity index (χ4n) is 6.21. The Morgan fingerprint density at radius 2 is 1.41 bits per heavy atom. The van der Waals surface area contributed by atoms with Crippen LogP contribution in [0.5, 0.6) is 11.5 Å². The lowest BCUT2D eigenvalue weighted by atomic mass is 9.84. The molecule has 290 valence electrons. The summed E-state index contributed by atoms with van der Waals surface area (Å²) in [5.74, 6) is -16.2. The maximum Gasteiger partial charge on any atom is 0.573 e. The molecule has 1 fully saturated rings. The highest BCUT2D eigenvalue weighted by atomic mass is 32.2. The zero-order chi connectivity index (χ0) is 39.5. The first kappa shape index (κ1) is 40.4. The predicted octanol–water partition coefficient (Wildman–Crippen LogP) is 7.44. The first-order valence-electron chi connectivity index (χ1n) is 16.3. The van der Waals surface area contributed by atoms with Gasteiger partial charge in [-0.15, -0.1) is 13.2 Å². The molecule has 1 aliphatic rings. The van der Waals surface area contributed by atoms with Crippen LogP contribution >= 0.6 is 0 Å². The Balaban J connectivity index is 1.60. The summed E-state index contributed by atoms with van der Waals surface area (Å²) in [6.45, 7) is -3.17. The molecule has 0 saturated heterocycles. The Morgan fingerprint density at radius 1 is 0.815 bits per heavy atom. The van der Waals surface area contributed by atoms with Crippen molar-refractivity contribution in [3.8, 4) is 11.5 Å². The standard InChI is InChI=1S/C36H32F8N2O7S/c37-29-30(38)32(40)34(33(41)31(29)39)54(51,52)45(18-23-8-4-5-9-27(23)53-36(42,43)44)19-28(48)46(24-14-15-25(35(49)50)26(47)16-24)17-20-10-12-22(13-11-20)21-6-2-1-3-7-21/h4-5,8-16,21,35,47,49-50H,1-3,6-7,17-19H2. The van der Waals surface area contributed by atoms with Crippen molar-refractivity contribution in [3.63, 3.8) is 0 Å². The van der Waals surface area contributed by atoms with Gasteiger partial charge in [-0.3, -0.25) is 4.79 Å². The van der Waals surface area contributed by atoms with Crippen LogP contribution in [-0.2, 0) is 27.9 Å². The molecule has 5 rings (SSSR count). The molecule has 0 aliphatic heterocycles. The van der Waals surface area contributed by atoms with E-state index in [2.05, 4.69) is 4.74 Å². The van der Waals surface area contributed by atoms with Gasteiger partial charge in [-0.25, -0.2) is 30.4 Å². The summed E-state index contributed by atoms with van der Waals surface area (Å²) in [4.78, 5) is 12.7. The normalized spacial score (nSPS) is 14.1. The van der Waals surface area contributed by atoms with E-state index in [0.29, 0.717) is 11.5 Å². The average molecular weight is 789 g/mol. The lowest BCUT2D eigenvalue weighted by molar-refractivity contribution is -0.275. The second kappa shape index (κ2) is 16.3. The van der Waals surface area contributed by atoms with Gasteiger partial charge in [0.2, 0.25) is 21.7 Å². The molecular weight excluding hydrogens is 756 g/mol. The minimum atomic E-state index is -5.97. The maximum absolute atomic E-state index is 15.0. The highest BCUT2D eigenvalue weighted by molar-refractivity contribution is 7.89. The van der Waals surface area contributed by atoms with Crippen molar-refractivity contribution in [2.75, 3.05) is 11.4 Å². The first-order valence-corrected chi connectivity index (χ1v) is 17.8. The van der Waals surface area contributed by atoms with E-state index in [1.165, 1.54) is 0 Å². The molecule has 9 nitrogen and oxygen atoms in total. The van der Waals surface area contributed by atoms with Crippen LogP contribution in [0.15, 0.2) is 71.6 Å². The highest BCUT2D eigenvalue weighted by Crippen LogP contribution is 2.35. The second-order valence-corrected chi connectivity index (χ2v) is 14.4. The number of hydrogen-bond acceptors (Lipinski definition) is 7. The van der Waals surface area contributed by atoms with E-state index >= 15 is 0 Å². The lowest BCUT2D eigenvalue weighted by Gasteiger charge is -2.29. The van der Waals surface area contributed by atoms with Crippen molar-refractivity contribution < 1.29 is 68.4 Å². The number of halogens is 8. The number of carbonyl (C=O) groups excluding carboxylic acids is 1. The van der Waals surface area contributed by atoms with Gasteiger partial charge in [0.1, 0.15) is 11.5 Å². The maximum atomic E-state index is 15.0. The summed E-state index contributed by atoms with van der Waals surface area (Å²) in [5.41, 5.74) is 0.258. The van der Waals surface area contributed by atoms with Crippen LogP contribution in [0.4, 0.5) is 40.8 Å². The molecule has 0 atom stereocenters. The zero-order valence-electron chi connectivity index (χ0n) is 28.0. The lowest BCUT2D eigenvalue weighted by Crippen LogP contribution is -2.43. The predicted molar refractivity (Wildman–Crippen MR) is 176 cm³/mol. The van der Waals surface area contributed by atoms with Crippen molar-refractivity contribution in [1.82, 2.24) is 4.31 Å². The molecule has 1 saturated carbocycles. The smallest absolute Gasteiger partial charge is 0.507 e. The number of benzene rings is 4. The van der Waals surface area contributed by atoms with Gasteiger partial charge in [0, 0.05) is 29.4 Å². The number of para-hydroxylation sites is 1. The number of anilines is 1. The second-order valence-electron chi connectivity index (χ2n) is 12.5. The fraction of sp³-hybridized carbons (Fsp3) is 0.306. The van der Waals surface area contributed by atoms with E-state index in [0.717, 1.165) is 85.0 Å². The highest BCUT2D eigenvalue weighted by Gasteiger charge is 2.40. The number of aliphatic hydroxyl groups excluding tert-OH is 1. The molecule has 0 heterocycles. The molecule has 4 aromatic carbocycles. The number of phenolic OH excluding ortho intramolecular Hbond substituents is 1. The number of aromatic hydroxyl groups is 1. The van der Waals surface area contributed by atoms with Gasteiger partial charge in [-0.1, -0.05) is 61.7 Å². The molecule has 0 aromatic heterocycles. The molecule has 3 N–H and O–H groups in total. The number of ether oxygens (including phenoxy) is 1. The summed E-state index contributed by atoms with van der Waals surface area (Å²) >= 11 is 0. The monoisotopic (exact) mass is 788 g/mol. The van der Waals surface area contributed by atoms with E-state index in [4.69, 9.17) is 0 Å². The molecule has 1 amide bonds. The van der Waals surface area contributed by atoms with Crippen molar-refractivity contribution in [2.24, 2.45) is 0 Å². The summed E-state index contributed by atoms with van der Waals surface area (Å²) < 4.78 is 144. The summed E-state index contributed by atoms with van der Waals surface area (Å²) in [5, 5.41) is 29.7. The van der Waals surface area contributed by atoms with Gasteiger partial charge >= 0.3 is 6.36 Å². The van der Waals surface area contributed by atoms with E-state index < -0.39 is 92.7 Å². The molecule has 4 aromatic rings. The fourth-order valence-corrected chi connectivity index (χ4v) is 7.69. The van der Waals surface area contributed by atoms with Crippen LogP contribution in [0.3, 0.4) is 0 Å². The van der Waals surface area contributed by atoms with Crippen LogP contribution in [0.1, 0.15) is 66.6 Å². The Labute approximate surface area is 303 Å². The third-order valence-corrected chi connectivity index (χ3v) is 10.7. The number of rotatable bonds is 12. The minimum Gasteiger partial charge on any atom is -0.507 e. The van der Waals surface area contributed by atoms with Gasteiger partial charge in [0.05, 0.1) is 13.1 Å². The molecule has 0 unspecified atom stereocenters. The summed E-state index contributed by atoms with van der Waals surface area (Å²) in [6, 6.07) is 13.9. The van der Waals surface area contributed by atoms with E-state index in [1.54, 1.807) is 12.1 Å². The van der Waals surface area contributed by atoms with E-state index in [9.17, 15) is 63.7 Å². The number of amides is 1. The molecule has 18 heteroatoms. The topological polar surface area (TPSA) is 128 Å². The third-order valence-electron chi connectivity index (χ3n) is 8.93. The number of alkyl halides is 3. The molecular formula is C36H32F8N2O7S. The van der Waals surface area contributed by atoms with Crippen LogP contribution in [0.2, 0.25) is 0 Å². The minimum absolute atomic E-state index is 0.0863. The van der Waals surface area contributed by atoms with Gasteiger partial charge in [-0.05, 0) is 48.1 Å². The van der Waals surface area contributed by atoms with Gasteiger partial charge < -0.3 is 25.0 Å². The Morgan fingerprint density at radius 3 is 1.98 bits per heavy atom. The number of phenols is 1. The van der Waals surface area contributed by atoms with Crippen LogP contribution in [-0.4, -0.2) is 46.9 Å². The van der Waals surface area contributed by atoms with Crippen molar-refractivity contribution >= 4 is 21.6 Å². The number of aliphatic hydroxyl groups is 2. The number of nitrogens with zero attached hydrogens (tertiary/aromatic N) is 2. The summed E-state index contributed by atoms with van der Waals surface area (Å²) in [7, 11) is -5.97. The quantitative estimate of drug-likeness (QED) is 0.0590. The van der Waals surface area contributed by atoms with Crippen LogP contribution in [0, 0.1) is 29.1 Å². The summed E-state index contributed by atoms with van der Waals surface area (Å²) in [6.07, 6.45) is -2.33. The van der Waals surface area contributed by atoms with Gasteiger partial charge in [-0.2, -0.15) is 4.31 Å². The number of hydrogen-bond donors (Lipinski definition) is 3. The van der Waals surface area contributed by atoms with E-state index in [1.807, 2.05) is 12.1 Å². The van der Waals surface area contributed by atoms with Gasteiger partial charge in [0.25, 0.3) is 0 Å². The largest absolute Gasteiger partial charge is 0.573 e. The first-order chi connectivity index (χ1) is 25.4. The Kier molecular flexibility index (Phi) is 12.2. The molecule has 0 bridgehead atoms. The number of carbonyl (C=O) groups is 1. The number of sulfonamides is 1. The molecule has 0 spiro atoms. The van der Waals surface area contributed by atoms with E-state index in [-0.39, 0.29) is 22.1 Å². The van der Waals surface area contributed by atoms with Crippen LogP contribution in [0.25, 0.3) is 0 Å². The van der Waals surface area contributed by atoms with Crippen molar-refractivity contribution in [2.45, 2.75) is 68.7 Å². The third kappa shape index (κ3) is 8.94. The average Bonchev–Trinajstić information content (AvgIpc) is 3.12. The molecule has 54 heavy (non-hydrogen) atoms. The van der Waals surface area contributed by atoms with Crippen molar-refractivity contribution in [3.05, 3.63) is 118 Å².